The van der Waals surface area contributed by atoms with Crippen LogP contribution >= 0.6 is 0 Å². The molecule has 1 aliphatic rings. The van der Waals surface area contributed by atoms with Gasteiger partial charge in [-0.3, -0.25) is 0 Å². The van der Waals surface area contributed by atoms with Gasteiger partial charge in [-0.25, -0.2) is 0 Å². The van der Waals surface area contributed by atoms with E-state index in [1.165, 1.54) is 26.1 Å². The van der Waals surface area contributed by atoms with E-state index in [0.717, 1.165) is 12.8 Å². The second-order valence-electron chi connectivity index (χ2n) is 4.86. The van der Waals surface area contributed by atoms with Gasteiger partial charge in [0.2, 0.25) is 0 Å². The minimum Gasteiger partial charge on any atom is -0.317 e. The van der Waals surface area contributed by atoms with E-state index < -0.39 is 0 Å². The third kappa shape index (κ3) is 4.13. The predicted molar refractivity (Wildman–Crippen MR) is 69.4 cm³/mol. The number of piperazine rings is 1. The lowest BCUT2D eigenvalue weighted by Crippen LogP contribution is -2.51. The van der Waals surface area contributed by atoms with Crippen LogP contribution in [0, 0.1) is 12.3 Å². The average molecular weight is 223 g/mol. The Morgan fingerprint density at radius 3 is 2.81 bits per heavy atom. The van der Waals surface area contributed by atoms with E-state index in [4.69, 9.17) is 6.42 Å². The zero-order valence-corrected chi connectivity index (χ0v) is 10.9. The van der Waals surface area contributed by atoms with Crippen molar-refractivity contribution in [1.82, 2.24) is 15.1 Å². The lowest BCUT2D eigenvalue weighted by Gasteiger charge is -2.39. The largest absolute Gasteiger partial charge is 0.317 e. The summed E-state index contributed by atoms with van der Waals surface area (Å²) >= 11 is 0. The maximum atomic E-state index is 5.32. The zero-order valence-electron chi connectivity index (χ0n) is 10.9. The van der Waals surface area contributed by atoms with E-state index in [0.29, 0.717) is 12.1 Å². The van der Waals surface area contributed by atoms with Gasteiger partial charge in [-0.05, 0) is 34.0 Å². The molecule has 3 nitrogen and oxygen atoms in total. The highest BCUT2D eigenvalue weighted by molar-refractivity contribution is 4.88. The summed E-state index contributed by atoms with van der Waals surface area (Å²) < 4.78 is 0. The Bertz CT molecular complexity index is 234. The van der Waals surface area contributed by atoms with E-state index in [9.17, 15) is 0 Å². The Morgan fingerprint density at radius 2 is 2.19 bits per heavy atom. The Balaban J connectivity index is 2.40. The molecule has 0 amide bonds. The van der Waals surface area contributed by atoms with Crippen molar-refractivity contribution in [1.29, 1.82) is 0 Å². The number of terminal acetylenes is 1. The molecule has 0 aromatic rings. The molecule has 1 rings (SSSR count). The number of hydrogen-bond acceptors (Lipinski definition) is 3. The van der Waals surface area contributed by atoms with Crippen molar-refractivity contribution in [3.05, 3.63) is 0 Å². The summed E-state index contributed by atoms with van der Waals surface area (Å²) in [4.78, 5) is 4.89. The quantitative estimate of drug-likeness (QED) is 0.690. The lowest BCUT2D eigenvalue weighted by atomic mass is 10.00. The maximum Gasteiger partial charge on any atom is 0.0235 e. The van der Waals surface area contributed by atoms with Gasteiger partial charge in [0.05, 0.1) is 0 Å². The SMILES string of the molecule is C#CCCC(CC1CN(C)CCN1C)NC. The number of hydrogen-bond donors (Lipinski definition) is 1. The first-order valence-corrected chi connectivity index (χ1v) is 6.17. The van der Waals surface area contributed by atoms with Gasteiger partial charge >= 0.3 is 0 Å². The van der Waals surface area contributed by atoms with Crippen LogP contribution in [0.5, 0.6) is 0 Å². The first-order valence-electron chi connectivity index (χ1n) is 6.17. The average Bonchev–Trinajstić information content (AvgIpc) is 2.28. The van der Waals surface area contributed by atoms with Gasteiger partial charge < -0.3 is 15.1 Å². The molecule has 0 aliphatic carbocycles. The summed E-state index contributed by atoms with van der Waals surface area (Å²) in [6.07, 6.45) is 8.47. The van der Waals surface area contributed by atoms with E-state index in [1.54, 1.807) is 0 Å². The van der Waals surface area contributed by atoms with E-state index in [1.807, 2.05) is 7.05 Å². The third-order valence-electron chi connectivity index (χ3n) is 3.58. The van der Waals surface area contributed by atoms with Crippen LogP contribution in [0.1, 0.15) is 19.3 Å². The zero-order chi connectivity index (χ0) is 12.0. The minimum atomic E-state index is 0.551. The summed E-state index contributed by atoms with van der Waals surface area (Å²) in [6, 6.07) is 1.21. The van der Waals surface area contributed by atoms with Crippen molar-refractivity contribution < 1.29 is 0 Å². The molecule has 2 unspecified atom stereocenters. The molecule has 1 fully saturated rings. The fraction of sp³-hybridized carbons (Fsp3) is 0.846. The van der Waals surface area contributed by atoms with Crippen LogP contribution in [0.25, 0.3) is 0 Å². The molecule has 16 heavy (non-hydrogen) atoms. The van der Waals surface area contributed by atoms with Gasteiger partial charge in [-0.2, -0.15) is 0 Å². The number of nitrogens with zero attached hydrogens (tertiary/aromatic N) is 2. The van der Waals surface area contributed by atoms with Gasteiger partial charge in [0.15, 0.2) is 0 Å². The van der Waals surface area contributed by atoms with Crippen LogP contribution in [0.4, 0.5) is 0 Å². The number of likely N-dealkylation sites (N-methyl/N-ethyl adjacent to an activating group) is 2. The fourth-order valence-electron chi connectivity index (χ4n) is 2.32. The fourth-order valence-corrected chi connectivity index (χ4v) is 2.32. The van der Waals surface area contributed by atoms with Crippen molar-refractivity contribution in [2.45, 2.75) is 31.3 Å². The second-order valence-corrected chi connectivity index (χ2v) is 4.86. The molecule has 1 saturated heterocycles. The molecular weight excluding hydrogens is 198 g/mol. The van der Waals surface area contributed by atoms with E-state index in [-0.39, 0.29) is 0 Å². The van der Waals surface area contributed by atoms with Gasteiger partial charge in [-0.15, -0.1) is 12.3 Å². The molecule has 0 bridgehead atoms. The molecule has 1 aliphatic heterocycles. The van der Waals surface area contributed by atoms with Crippen LogP contribution in [0.2, 0.25) is 0 Å². The Kier molecular flexibility index (Phi) is 5.83. The monoisotopic (exact) mass is 223 g/mol. The molecule has 3 heteroatoms. The van der Waals surface area contributed by atoms with Crippen LogP contribution in [0.15, 0.2) is 0 Å². The van der Waals surface area contributed by atoms with Gasteiger partial charge in [0, 0.05) is 38.1 Å². The van der Waals surface area contributed by atoms with Crippen molar-refractivity contribution in [2.75, 3.05) is 40.8 Å². The Hall–Kier alpha value is -0.560. The van der Waals surface area contributed by atoms with Crippen molar-refractivity contribution in [3.63, 3.8) is 0 Å². The summed E-state index contributed by atoms with van der Waals surface area (Å²) in [5.41, 5.74) is 0. The number of rotatable bonds is 5. The van der Waals surface area contributed by atoms with Crippen LogP contribution < -0.4 is 5.32 Å². The Labute approximate surface area is 100 Å². The second kappa shape index (κ2) is 6.90. The highest BCUT2D eigenvalue weighted by Gasteiger charge is 2.24. The van der Waals surface area contributed by atoms with Gasteiger partial charge in [0.25, 0.3) is 0 Å². The Morgan fingerprint density at radius 1 is 1.44 bits per heavy atom. The lowest BCUT2D eigenvalue weighted by molar-refractivity contribution is 0.101. The first kappa shape index (κ1) is 13.5. The third-order valence-corrected chi connectivity index (χ3v) is 3.58. The highest BCUT2D eigenvalue weighted by atomic mass is 15.3. The van der Waals surface area contributed by atoms with Gasteiger partial charge in [-0.1, -0.05) is 0 Å². The predicted octanol–water partition coefficient (Wildman–Crippen LogP) is 0.624. The highest BCUT2D eigenvalue weighted by Crippen LogP contribution is 2.13. The molecule has 0 aromatic heterocycles. The maximum absolute atomic E-state index is 5.32. The molecule has 1 heterocycles. The van der Waals surface area contributed by atoms with Crippen LogP contribution in [-0.2, 0) is 0 Å². The standard InChI is InChI=1S/C13H25N3/c1-5-6-7-12(14-2)10-13-11-15(3)8-9-16(13)4/h1,12-14H,6-11H2,2-4H3. The summed E-state index contributed by atoms with van der Waals surface area (Å²) in [7, 11) is 6.47. The topological polar surface area (TPSA) is 18.5 Å². The molecule has 92 valence electrons. The molecule has 0 saturated carbocycles. The van der Waals surface area contributed by atoms with Crippen molar-refractivity contribution >= 4 is 0 Å². The molecule has 1 N–H and O–H groups in total. The van der Waals surface area contributed by atoms with Gasteiger partial charge in [0.1, 0.15) is 0 Å². The molecular formula is C13H25N3. The number of nitrogens with one attached hydrogen (secondary N) is 1. The normalized spacial score (nSPS) is 25.2. The van der Waals surface area contributed by atoms with Crippen molar-refractivity contribution in [2.24, 2.45) is 0 Å². The molecule has 0 aromatic carbocycles. The smallest absolute Gasteiger partial charge is 0.0235 e. The molecule has 2 atom stereocenters. The first-order chi connectivity index (χ1) is 7.67. The van der Waals surface area contributed by atoms with E-state index >= 15 is 0 Å². The summed E-state index contributed by atoms with van der Waals surface area (Å²) in [6.45, 7) is 3.53. The summed E-state index contributed by atoms with van der Waals surface area (Å²) in [5, 5.41) is 3.38. The van der Waals surface area contributed by atoms with Crippen molar-refractivity contribution in [3.8, 4) is 12.3 Å². The summed E-state index contributed by atoms with van der Waals surface area (Å²) in [5.74, 6) is 2.73. The molecule has 0 spiro atoms. The van der Waals surface area contributed by atoms with E-state index in [2.05, 4.69) is 35.1 Å². The van der Waals surface area contributed by atoms with Crippen LogP contribution in [0.3, 0.4) is 0 Å². The molecule has 0 radical (unpaired) electrons. The van der Waals surface area contributed by atoms with Crippen LogP contribution in [-0.4, -0.2) is 62.7 Å². The minimum absolute atomic E-state index is 0.551.